The minimum absolute atomic E-state index is 0.109. The zero-order valence-electron chi connectivity index (χ0n) is 15.8. The number of benzene rings is 2. The number of rotatable bonds is 6. The highest BCUT2D eigenvalue weighted by molar-refractivity contribution is 6.06. The van der Waals surface area contributed by atoms with Gasteiger partial charge in [-0.25, -0.2) is 0 Å². The fourth-order valence-electron chi connectivity index (χ4n) is 3.30. The van der Waals surface area contributed by atoms with E-state index >= 15 is 0 Å². The third-order valence-electron chi connectivity index (χ3n) is 4.78. The molecule has 0 spiro atoms. The first-order valence-corrected chi connectivity index (χ1v) is 9.08. The summed E-state index contributed by atoms with van der Waals surface area (Å²) in [5, 5.41) is 25.0. The van der Waals surface area contributed by atoms with Crippen molar-refractivity contribution in [2.45, 2.75) is 19.3 Å². The number of carbonyl (C=O) groups is 1. The molecule has 0 saturated carbocycles. The normalized spacial score (nSPS) is 13.6. The van der Waals surface area contributed by atoms with Crippen LogP contribution in [0.1, 0.15) is 29.6 Å². The molecular formula is C19H20N4O6. The van der Waals surface area contributed by atoms with Crippen LogP contribution in [0.4, 0.5) is 22.7 Å². The minimum atomic E-state index is -0.578. The smallest absolute Gasteiger partial charge is 0.293 e. The van der Waals surface area contributed by atoms with Crippen LogP contribution in [0, 0.1) is 20.2 Å². The number of non-ortho nitro benzene ring substituents is 1. The molecule has 152 valence electrons. The van der Waals surface area contributed by atoms with Crippen molar-refractivity contribution in [2.24, 2.45) is 0 Å². The maximum atomic E-state index is 12.6. The predicted octanol–water partition coefficient (Wildman–Crippen LogP) is 3.75. The van der Waals surface area contributed by atoms with Crippen LogP contribution in [0.2, 0.25) is 0 Å². The summed E-state index contributed by atoms with van der Waals surface area (Å²) in [5.41, 5.74) is 0.527. The van der Waals surface area contributed by atoms with E-state index in [0.717, 1.165) is 32.4 Å². The van der Waals surface area contributed by atoms with Crippen LogP contribution in [-0.4, -0.2) is 36.0 Å². The molecule has 1 N–H and O–H groups in total. The largest absolute Gasteiger partial charge is 0.494 e. The molecule has 1 amide bonds. The van der Waals surface area contributed by atoms with Crippen molar-refractivity contribution < 1.29 is 19.4 Å². The van der Waals surface area contributed by atoms with Gasteiger partial charge in [0.1, 0.15) is 11.4 Å². The summed E-state index contributed by atoms with van der Waals surface area (Å²) in [5.74, 6) is -0.461. The van der Waals surface area contributed by atoms with E-state index in [-0.39, 0.29) is 28.4 Å². The summed E-state index contributed by atoms with van der Waals surface area (Å²) in [7, 11) is 1.33. The highest BCUT2D eigenvalue weighted by Gasteiger charge is 2.23. The number of hydrogen-bond donors (Lipinski definition) is 1. The van der Waals surface area contributed by atoms with Crippen LogP contribution >= 0.6 is 0 Å². The molecule has 0 unspecified atom stereocenters. The van der Waals surface area contributed by atoms with E-state index in [1.807, 2.05) is 4.90 Å². The van der Waals surface area contributed by atoms with Gasteiger partial charge in [0, 0.05) is 30.8 Å². The summed E-state index contributed by atoms with van der Waals surface area (Å²) in [4.78, 5) is 36.0. The van der Waals surface area contributed by atoms with Gasteiger partial charge < -0.3 is 15.0 Å². The molecule has 0 atom stereocenters. The molecule has 0 aliphatic carbocycles. The van der Waals surface area contributed by atoms with E-state index < -0.39 is 15.8 Å². The molecule has 2 aromatic carbocycles. The number of nitrogens with zero attached hydrogens (tertiary/aromatic N) is 3. The van der Waals surface area contributed by atoms with Crippen molar-refractivity contribution in [1.29, 1.82) is 0 Å². The van der Waals surface area contributed by atoms with Crippen molar-refractivity contribution in [1.82, 2.24) is 0 Å². The average Bonchev–Trinajstić information content (AvgIpc) is 2.73. The lowest BCUT2D eigenvalue weighted by Gasteiger charge is -2.28. The van der Waals surface area contributed by atoms with Gasteiger partial charge >= 0.3 is 0 Å². The van der Waals surface area contributed by atoms with Crippen molar-refractivity contribution in [3.05, 3.63) is 62.2 Å². The Labute approximate surface area is 166 Å². The zero-order valence-corrected chi connectivity index (χ0v) is 15.8. The maximum Gasteiger partial charge on any atom is 0.293 e. The lowest BCUT2D eigenvalue weighted by atomic mass is 10.1. The van der Waals surface area contributed by atoms with Gasteiger partial charge in [-0.15, -0.1) is 0 Å². The Hall–Kier alpha value is -3.69. The molecule has 1 heterocycles. The van der Waals surface area contributed by atoms with Gasteiger partial charge in [0.15, 0.2) is 0 Å². The predicted molar refractivity (Wildman–Crippen MR) is 107 cm³/mol. The Balaban J connectivity index is 1.87. The number of ether oxygens (including phenoxy) is 1. The Bertz CT molecular complexity index is 956. The third-order valence-corrected chi connectivity index (χ3v) is 4.78. The first-order chi connectivity index (χ1) is 13.9. The number of nitro groups is 2. The topological polar surface area (TPSA) is 128 Å². The lowest BCUT2D eigenvalue weighted by molar-refractivity contribution is -0.384. The third kappa shape index (κ3) is 4.42. The molecule has 2 aromatic rings. The molecule has 0 bridgehead atoms. The SMILES string of the molecule is COc1cc([N+](=O)[O-])ccc1NC(=O)c1ccc(N2CCCCC2)c([N+](=O)[O-])c1. The number of methoxy groups -OCH3 is 1. The highest BCUT2D eigenvalue weighted by atomic mass is 16.6. The highest BCUT2D eigenvalue weighted by Crippen LogP contribution is 2.33. The molecule has 3 rings (SSSR count). The second-order valence-electron chi connectivity index (χ2n) is 6.60. The van der Waals surface area contributed by atoms with Crippen LogP contribution in [0.5, 0.6) is 5.75 Å². The summed E-state index contributed by atoms with van der Waals surface area (Å²) < 4.78 is 5.10. The van der Waals surface area contributed by atoms with Gasteiger partial charge in [0.25, 0.3) is 17.3 Å². The van der Waals surface area contributed by atoms with Gasteiger partial charge in [-0.1, -0.05) is 0 Å². The summed E-state index contributed by atoms with van der Waals surface area (Å²) in [6, 6.07) is 8.15. The van der Waals surface area contributed by atoms with Crippen LogP contribution in [0.15, 0.2) is 36.4 Å². The van der Waals surface area contributed by atoms with Crippen molar-refractivity contribution in [3.8, 4) is 5.75 Å². The number of nitrogens with one attached hydrogen (secondary N) is 1. The zero-order chi connectivity index (χ0) is 21.0. The molecule has 0 aromatic heterocycles. The second kappa shape index (κ2) is 8.55. The van der Waals surface area contributed by atoms with Gasteiger partial charge in [-0.2, -0.15) is 0 Å². The van der Waals surface area contributed by atoms with E-state index in [4.69, 9.17) is 4.74 Å². The van der Waals surface area contributed by atoms with E-state index in [2.05, 4.69) is 5.32 Å². The first kappa shape index (κ1) is 20.1. The summed E-state index contributed by atoms with van der Waals surface area (Å²) in [6.07, 6.45) is 3.04. The number of nitro benzene ring substituents is 2. The minimum Gasteiger partial charge on any atom is -0.494 e. The van der Waals surface area contributed by atoms with Gasteiger partial charge in [0.05, 0.1) is 28.7 Å². The Kier molecular flexibility index (Phi) is 5.91. The number of amides is 1. The summed E-state index contributed by atoms with van der Waals surface area (Å²) >= 11 is 0. The number of carbonyl (C=O) groups excluding carboxylic acids is 1. The average molecular weight is 400 g/mol. The van der Waals surface area contributed by atoms with E-state index in [1.54, 1.807) is 6.07 Å². The lowest BCUT2D eigenvalue weighted by Crippen LogP contribution is -2.30. The van der Waals surface area contributed by atoms with Crippen molar-refractivity contribution in [2.75, 3.05) is 30.4 Å². The molecule has 1 saturated heterocycles. The number of anilines is 2. The monoisotopic (exact) mass is 400 g/mol. The fraction of sp³-hybridized carbons (Fsp3) is 0.316. The standard InChI is InChI=1S/C19H20N4O6/c1-29-18-12-14(22(25)26)6-7-15(18)20-19(24)13-5-8-16(17(11-13)23(27)28)21-9-3-2-4-10-21/h5-8,11-12H,2-4,9-10H2,1H3,(H,20,24). The van der Waals surface area contributed by atoms with Gasteiger partial charge in [-0.05, 0) is 37.5 Å². The molecular weight excluding hydrogens is 380 g/mol. The quantitative estimate of drug-likeness (QED) is 0.577. The molecule has 10 nitrogen and oxygen atoms in total. The van der Waals surface area contributed by atoms with Crippen LogP contribution < -0.4 is 15.0 Å². The molecule has 1 aliphatic heterocycles. The molecule has 1 fully saturated rings. The second-order valence-corrected chi connectivity index (χ2v) is 6.60. The number of piperidine rings is 1. The molecule has 0 radical (unpaired) electrons. The van der Waals surface area contributed by atoms with Gasteiger partial charge in [0.2, 0.25) is 0 Å². The van der Waals surface area contributed by atoms with E-state index in [1.165, 1.54) is 37.4 Å². The maximum absolute atomic E-state index is 12.6. The van der Waals surface area contributed by atoms with Crippen LogP contribution in [0.3, 0.4) is 0 Å². The molecule has 10 heteroatoms. The fourth-order valence-corrected chi connectivity index (χ4v) is 3.30. The van der Waals surface area contributed by atoms with E-state index in [9.17, 15) is 25.0 Å². The van der Waals surface area contributed by atoms with Crippen LogP contribution in [0.25, 0.3) is 0 Å². The Morgan fingerprint density at radius 3 is 2.38 bits per heavy atom. The molecule has 29 heavy (non-hydrogen) atoms. The number of hydrogen-bond acceptors (Lipinski definition) is 7. The van der Waals surface area contributed by atoms with Crippen molar-refractivity contribution in [3.63, 3.8) is 0 Å². The first-order valence-electron chi connectivity index (χ1n) is 9.08. The molecule has 1 aliphatic rings. The van der Waals surface area contributed by atoms with Crippen molar-refractivity contribution >= 4 is 28.7 Å². The Morgan fingerprint density at radius 1 is 1.03 bits per heavy atom. The summed E-state index contributed by atoms with van der Waals surface area (Å²) in [6.45, 7) is 1.48. The Morgan fingerprint density at radius 2 is 1.76 bits per heavy atom. The van der Waals surface area contributed by atoms with Gasteiger partial charge in [-0.3, -0.25) is 25.0 Å². The van der Waals surface area contributed by atoms with Crippen LogP contribution in [-0.2, 0) is 0 Å². The van der Waals surface area contributed by atoms with E-state index in [0.29, 0.717) is 5.69 Å².